The molecule has 0 aliphatic heterocycles. The summed E-state index contributed by atoms with van der Waals surface area (Å²) in [4.78, 5) is 0. The van der Waals surface area contributed by atoms with Crippen molar-refractivity contribution in [2.45, 2.75) is 25.3 Å². The van der Waals surface area contributed by atoms with Crippen LogP contribution >= 0.6 is 11.6 Å². The Bertz CT molecular complexity index is 259. The van der Waals surface area contributed by atoms with Gasteiger partial charge in [0.2, 0.25) is 5.89 Å². The van der Waals surface area contributed by atoms with E-state index in [1.54, 1.807) is 0 Å². The first-order chi connectivity index (χ1) is 5.88. The molecule has 4 nitrogen and oxygen atoms in total. The fourth-order valence-corrected chi connectivity index (χ4v) is 1.06. The highest BCUT2D eigenvalue weighted by molar-refractivity contribution is 6.17. The summed E-state index contributed by atoms with van der Waals surface area (Å²) in [6, 6.07) is 1.08. The van der Waals surface area contributed by atoms with Crippen LogP contribution in [0.2, 0.25) is 0 Å². The second-order valence-corrected chi connectivity index (χ2v) is 3.24. The second kappa shape index (κ2) is 3.31. The van der Waals surface area contributed by atoms with Gasteiger partial charge >= 0.3 is 6.01 Å². The van der Waals surface area contributed by atoms with Crippen LogP contribution in [0.3, 0.4) is 0 Å². The number of alkyl halides is 1. The van der Waals surface area contributed by atoms with E-state index in [-0.39, 0.29) is 0 Å². The number of rotatable bonds is 4. The molecule has 0 aromatic carbocycles. The highest BCUT2D eigenvalue weighted by Crippen LogP contribution is 2.23. The number of aromatic nitrogens is 2. The summed E-state index contributed by atoms with van der Waals surface area (Å²) in [6.07, 6.45) is 3.04. The molecule has 0 bridgehead atoms. The highest BCUT2D eigenvalue weighted by Gasteiger charge is 2.23. The first-order valence-corrected chi connectivity index (χ1v) is 4.57. The topological polar surface area (TPSA) is 51.0 Å². The van der Waals surface area contributed by atoms with Crippen LogP contribution in [0, 0.1) is 0 Å². The van der Waals surface area contributed by atoms with Crippen molar-refractivity contribution in [1.29, 1.82) is 0 Å². The molecule has 1 aliphatic carbocycles. The maximum absolute atomic E-state index is 5.52. The van der Waals surface area contributed by atoms with Crippen LogP contribution in [0.25, 0.3) is 0 Å². The summed E-state index contributed by atoms with van der Waals surface area (Å²) in [5.74, 6) is 1.12. The molecule has 0 spiro atoms. The van der Waals surface area contributed by atoms with Gasteiger partial charge in [-0.1, -0.05) is 5.10 Å². The first-order valence-electron chi connectivity index (χ1n) is 4.03. The van der Waals surface area contributed by atoms with E-state index in [9.17, 15) is 0 Å². The van der Waals surface area contributed by atoms with Crippen LogP contribution in [-0.2, 0) is 6.42 Å². The monoisotopic (exact) mass is 187 g/mol. The van der Waals surface area contributed by atoms with Crippen LogP contribution in [-0.4, -0.2) is 22.1 Å². The molecule has 0 saturated heterocycles. The average molecular weight is 188 g/mol. The van der Waals surface area contributed by atoms with Crippen LogP contribution < -0.4 is 5.32 Å². The molecule has 1 N–H and O–H groups in total. The van der Waals surface area contributed by atoms with E-state index in [0.29, 0.717) is 30.2 Å². The molecule has 0 amide bonds. The van der Waals surface area contributed by atoms with Crippen LogP contribution in [0.1, 0.15) is 18.7 Å². The van der Waals surface area contributed by atoms with E-state index < -0.39 is 0 Å². The zero-order valence-electron chi connectivity index (χ0n) is 6.59. The largest absolute Gasteiger partial charge is 0.408 e. The van der Waals surface area contributed by atoms with E-state index in [2.05, 4.69) is 15.5 Å². The molecular weight excluding hydrogens is 178 g/mol. The lowest BCUT2D eigenvalue weighted by atomic mass is 10.5. The third-order valence-electron chi connectivity index (χ3n) is 1.68. The van der Waals surface area contributed by atoms with Crippen LogP contribution in [0.4, 0.5) is 6.01 Å². The molecule has 1 saturated carbocycles. The zero-order chi connectivity index (χ0) is 8.39. The Kier molecular flexibility index (Phi) is 2.17. The Morgan fingerprint density at radius 2 is 2.33 bits per heavy atom. The smallest absolute Gasteiger partial charge is 0.315 e. The summed E-state index contributed by atoms with van der Waals surface area (Å²) < 4.78 is 5.26. The summed E-state index contributed by atoms with van der Waals surface area (Å²) in [7, 11) is 0. The first kappa shape index (κ1) is 7.86. The van der Waals surface area contributed by atoms with Gasteiger partial charge in [-0.3, -0.25) is 0 Å². The maximum Gasteiger partial charge on any atom is 0.315 e. The number of hydrogen-bond acceptors (Lipinski definition) is 4. The lowest BCUT2D eigenvalue weighted by molar-refractivity contribution is 0.512. The van der Waals surface area contributed by atoms with Gasteiger partial charge in [-0.2, -0.15) is 0 Å². The molecule has 0 radical (unpaired) electrons. The van der Waals surface area contributed by atoms with Gasteiger partial charge in [-0.05, 0) is 12.8 Å². The Morgan fingerprint density at radius 3 is 3.00 bits per heavy atom. The summed E-state index contributed by atoms with van der Waals surface area (Å²) >= 11 is 5.52. The van der Waals surface area contributed by atoms with E-state index in [4.69, 9.17) is 16.0 Å². The maximum atomic E-state index is 5.52. The molecule has 0 unspecified atom stereocenters. The number of halogens is 1. The molecule has 66 valence electrons. The summed E-state index contributed by atoms with van der Waals surface area (Å²) in [6.45, 7) is 0. The Hall–Kier alpha value is -0.770. The molecule has 1 aliphatic rings. The van der Waals surface area contributed by atoms with Crippen molar-refractivity contribution in [3.05, 3.63) is 5.89 Å². The summed E-state index contributed by atoms with van der Waals surface area (Å²) in [5.41, 5.74) is 0. The van der Waals surface area contributed by atoms with E-state index in [1.807, 2.05) is 0 Å². The minimum absolute atomic E-state index is 0.519. The van der Waals surface area contributed by atoms with Crippen molar-refractivity contribution in [2.75, 3.05) is 11.2 Å². The van der Waals surface area contributed by atoms with Gasteiger partial charge in [0.1, 0.15) is 0 Å². The molecular formula is C7H10ClN3O. The van der Waals surface area contributed by atoms with Gasteiger partial charge < -0.3 is 9.73 Å². The van der Waals surface area contributed by atoms with Crippen molar-refractivity contribution in [3.8, 4) is 0 Å². The summed E-state index contributed by atoms with van der Waals surface area (Å²) in [5, 5.41) is 10.8. The van der Waals surface area contributed by atoms with Gasteiger partial charge in [-0.25, -0.2) is 0 Å². The predicted octanol–water partition coefficient (Wildman–Crippen LogP) is 1.43. The molecule has 1 fully saturated rings. The number of aryl methyl sites for hydroxylation is 1. The number of hydrogen-bond donors (Lipinski definition) is 1. The molecule has 2 rings (SSSR count). The van der Waals surface area contributed by atoms with Crippen molar-refractivity contribution in [3.63, 3.8) is 0 Å². The van der Waals surface area contributed by atoms with Gasteiger partial charge in [-0.15, -0.1) is 16.7 Å². The van der Waals surface area contributed by atoms with E-state index in [1.165, 1.54) is 12.8 Å². The highest BCUT2D eigenvalue weighted by atomic mass is 35.5. The fourth-order valence-electron chi connectivity index (χ4n) is 0.896. The predicted molar refractivity (Wildman–Crippen MR) is 45.4 cm³/mol. The molecule has 5 heteroatoms. The third kappa shape index (κ3) is 1.88. The Balaban J connectivity index is 1.92. The second-order valence-electron chi connectivity index (χ2n) is 2.86. The third-order valence-corrected chi connectivity index (χ3v) is 1.87. The van der Waals surface area contributed by atoms with Crippen molar-refractivity contribution in [2.24, 2.45) is 0 Å². The van der Waals surface area contributed by atoms with Gasteiger partial charge in [0.15, 0.2) is 0 Å². The molecule has 0 atom stereocenters. The normalized spacial score (nSPS) is 16.4. The van der Waals surface area contributed by atoms with Crippen LogP contribution in [0.15, 0.2) is 4.42 Å². The standard InChI is InChI=1S/C7H10ClN3O/c8-4-3-6-10-11-7(12-6)9-5-1-2-5/h5H,1-4H2,(H,9,11). The number of nitrogens with one attached hydrogen (secondary N) is 1. The zero-order valence-corrected chi connectivity index (χ0v) is 7.34. The number of anilines is 1. The molecule has 12 heavy (non-hydrogen) atoms. The fraction of sp³-hybridized carbons (Fsp3) is 0.714. The molecule has 1 aromatic rings. The van der Waals surface area contributed by atoms with Crippen molar-refractivity contribution < 1.29 is 4.42 Å². The van der Waals surface area contributed by atoms with Gasteiger partial charge in [0.25, 0.3) is 0 Å². The van der Waals surface area contributed by atoms with Crippen molar-refractivity contribution >= 4 is 17.6 Å². The molecule has 1 aromatic heterocycles. The van der Waals surface area contributed by atoms with Gasteiger partial charge in [0.05, 0.1) is 0 Å². The SMILES string of the molecule is ClCCc1nnc(NC2CC2)o1. The Morgan fingerprint density at radius 1 is 1.50 bits per heavy atom. The average Bonchev–Trinajstić information content (AvgIpc) is 2.74. The quantitative estimate of drug-likeness (QED) is 0.725. The van der Waals surface area contributed by atoms with E-state index >= 15 is 0 Å². The molecule has 1 heterocycles. The van der Waals surface area contributed by atoms with Gasteiger partial charge in [0, 0.05) is 18.3 Å². The lowest BCUT2D eigenvalue weighted by Crippen LogP contribution is -2.00. The van der Waals surface area contributed by atoms with Crippen molar-refractivity contribution in [1.82, 2.24) is 10.2 Å². The van der Waals surface area contributed by atoms with Crippen LogP contribution in [0.5, 0.6) is 0 Å². The lowest BCUT2D eigenvalue weighted by Gasteiger charge is -1.93. The van der Waals surface area contributed by atoms with E-state index in [0.717, 1.165) is 0 Å². The minimum Gasteiger partial charge on any atom is -0.408 e. The number of nitrogens with zero attached hydrogens (tertiary/aromatic N) is 2. The minimum atomic E-state index is 0.519. The Labute approximate surface area is 75.3 Å².